The molecule has 1 saturated carbocycles. The van der Waals surface area contributed by atoms with Gasteiger partial charge >= 0.3 is 0 Å². The SMILES string of the molecule is NC=O.ONCc1ccc(OCC2CCC(COc3ccc(CNO)cc3)CC2)cc1. The number of carbonyl (C=O) groups is 1. The third-order valence-corrected chi connectivity index (χ3v) is 5.35. The van der Waals surface area contributed by atoms with Crippen molar-refractivity contribution in [2.24, 2.45) is 17.6 Å². The second-order valence-corrected chi connectivity index (χ2v) is 7.60. The monoisotopic (exact) mass is 431 g/mol. The van der Waals surface area contributed by atoms with E-state index in [0.29, 0.717) is 24.9 Å². The lowest BCUT2D eigenvalue weighted by Crippen LogP contribution is -2.23. The van der Waals surface area contributed by atoms with E-state index in [4.69, 9.17) is 24.7 Å². The number of rotatable bonds is 10. The van der Waals surface area contributed by atoms with Crippen molar-refractivity contribution in [3.05, 3.63) is 59.7 Å². The molecule has 0 aliphatic heterocycles. The highest BCUT2D eigenvalue weighted by molar-refractivity contribution is 5.42. The Labute approximate surface area is 183 Å². The van der Waals surface area contributed by atoms with Gasteiger partial charge in [-0.05, 0) is 72.9 Å². The fourth-order valence-electron chi connectivity index (χ4n) is 3.58. The standard InChI is InChI=1S/C22H30N2O4.CH3NO/c25-23-13-17-5-9-21(10-6-17)27-15-19-1-2-20(4-3-19)16-28-22-11-7-18(8-12-22)14-24-26;2-1-3/h5-12,19-20,23-26H,1-4,13-16H2;1H,(H2,2,3). The molecular formula is C23H33N3O5. The molecule has 0 aromatic heterocycles. The zero-order valence-electron chi connectivity index (χ0n) is 17.7. The summed E-state index contributed by atoms with van der Waals surface area (Å²) in [4.78, 5) is 8.58. The first kappa shape index (κ1) is 24.6. The van der Waals surface area contributed by atoms with Crippen LogP contribution in [0.15, 0.2) is 48.5 Å². The van der Waals surface area contributed by atoms with Gasteiger partial charge in [-0.1, -0.05) is 24.3 Å². The maximum atomic E-state index is 8.72. The van der Waals surface area contributed by atoms with Crippen molar-refractivity contribution in [2.45, 2.75) is 38.8 Å². The molecule has 170 valence electrons. The third-order valence-electron chi connectivity index (χ3n) is 5.35. The summed E-state index contributed by atoms with van der Waals surface area (Å²) >= 11 is 0. The number of primary amides is 1. The molecule has 0 saturated heterocycles. The average Bonchev–Trinajstić information content (AvgIpc) is 2.80. The third kappa shape index (κ3) is 9.35. The number of hydrogen-bond acceptors (Lipinski definition) is 7. The van der Waals surface area contributed by atoms with Crippen LogP contribution in [0.25, 0.3) is 0 Å². The molecular weight excluding hydrogens is 398 g/mol. The van der Waals surface area contributed by atoms with Gasteiger partial charge < -0.3 is 25.6 Å². The van der Waals surface area contributed by atoms with Gasteiger partial charge in [0.05, 0.1) is 13.2 Å². The van der Waals surface area contributed by atoms with Crippen LogP contribution >= 0.6 is 0 Å². The van der Waals surface area contributed by atoms with Gasteiger partial charge in [0, 0.05) is 13.1 Å². The molecule has 0 spiro atoms. The average molecular weight is 432 g/mol. The van der Waals surface area contributed by atoms with Gasteiger partial charge in [0.2, 0.25) is 6.41 Å². The molecule has 2 aromatic carbocycles. The predicted molar refractivity (Wildman–Crippen MR) is 117 cm³/mol. The van der Waals surface area contributed by atoms with E-state index in [1.165, 1.54) is 25.7 Å². The summed E-state index contributed by atoms with van der Waals surface area (Å²) in [6, 6.07) is 15.6. The Kier molecular flexibility index (Phi) is 11.4. The first-order chi connectivity index (χ1) is 15.2. The Morgan fingerprint density at radius 2 is 1.10 bits per heavy atom. The van der Waals surface area contributed by atoms with Crippen LogP contribution in [0.4, 0.5) is 0 Å². The second-order valence-electron chi connectivity index (χ2n) is 7.60. The molecule has 1 amide bonds. The van der Waals surface area contributed by atoms with Crippen molar-refractivity contribution in [1.29, 1.82) is 0 Å². The normalized spacial score (nSPS) is 17.9. The maximum Gasteiger partial charge on any atom is 0.204 e. The fourth-order valence-corrected chi connectivity index (χ4v) is 3.58. The molecule has 2 aromatic rings. The first-order valence-corrected chi connectivity index (χ1v) is 10.5. The first-order valence-electron chi connectivity index (χ1n) is 10.5. The minimum atomic E-state index is 0.250. The van der Waals surface area contributed by atoms with Crippen LogP contribution in [0.5, 0.6) is 11.5 Å². The molecule has 8 heteroatoms. The summed E-state index contributed by atoms with van der Waals surface area (Å²) in [7, 11) is 0. The van der Waals surface area contributed by atoms with E-state index in [9.17, 15) is 0 Å². The maximum absolute atomic E-state index is 8.72. The van der Waals surface area contributed by atoms with E-state index >= 15 is 0 Å². The van der Waals surface area contributed by atoms with E-state index in [2.05, 4.69) is 16.7 Å². The molecule has 0 bridgehead atoms. The van der Waals surface area contributed by atoms with Gasteiger partial charge in [-0.3, -0.25) is 4.79 Å². The second kappa shape index (κ2) is 14.4. The smallest absolute Gasteiger partial charge is 0.204 e. The van der Waals surface area contributed by atoms with Crippen molar-refractivity contribution in [3.8, 4) is 11.5 Å². The van der Waals surface area contributed by atoms with Crippen LogP contribution in [0.1, 0.15) is 36.8 Å². The van der Waals surface area contributed by atoms with E-state index in [1.54, 1.807) is 0 Å². The molecule has 6 N–H and O–H groups in total. The van der Waals surface area contributed by atoms with Crippen LogP contribution < -0.4 is 26.2 Å². The number of amides is 1. The van der Waals surface area contributed by atoms with Crippen molar-refractivity contribution in [2.75, 3.05) is 13.2 Å². The largest absolute Gasteiger partial charge is 0.493 e. The van der Waals surface area contributed by atoms with Crippen molar-refractivity contribution >= 4 is 6.41 Å². The summed E-state index contributed by atoms with van der Waals surface area (Å²) in [5.74, 6) is 2.96. The number of carbonyl (C=O) groups excluding carboxylic acids is 1. The Bertz CT molecular complexity index is 670. The minimum Gasteiger partial charge on any atom is -0.493 e. The van der Waals surface area contributed by atoms with Gasteiger partial charge in [-0.2, -0.15) is 0 Å². The molecule has 0 heterocycles. The van der Waals surface area contributed by atoms with Gasteiger partial charge in [-0.25, -0.2) is 11.0 Å². The Balaban J connectivity index is 0.00000107. The number of nitrogens with two attached hydrogens (primary N) is 1. The molecule has 3 rings (SSSR count). The summed E-state index contributed by atoms with van der Waals surface area (Å²) in [6.45, 7) is 2.39. The zero-order chi connectivity index (χ0) is 22.3. The Morgan fingerprint density at radius 3 is 1.39 bits per heavy atom. The van der Waals surface area contributed by atoms with Crippen LogP contribution in [0.2, 0.25) is 0 Å². The molecule has 0 atom stereocenters. The van der Waals surface area contributed by atoms with Crippen LogP contribution in [-0.4, -0.2) is 30.0 Å². The molecule has 1 fully saturated rings. The molecule has 1 aliphatic carbocycles. The summed E-state index contributed by atoms with van der Waals surface area (Å²) in [5, 5.41) is 17.4. The molecule has 0 radical (unpaired) electrons. The Morgan fingerprint density at radius 1 is 0.774 bits per heavy atom. The highest BCUT2D eigenvalue weighted by Crippen LogP contribution is 2.30. The van der Waals surface area contributed by atoms with Gasteiger partial charge in [0.15, 0.2) is 0 Å². The summed E-state index contributed by atoms with van der Waals surface area (Å²) in [5.41, 5.74) is 10.5. The number of hydrogen-bond donors (Lipinski definition) is 5. The van der Waals surface area contributed by atoms with E-state index in [0.717, 1.165) is 35.8 Å². The van der Waals surface area contributed by atoms with E-state index in [1.807, 2.05) is 48.5 Å². The molecule has 31 heavy (non-hydrogen) atoms. The van der Waals surface area contributed by atoms with Crippen LogP contribution in [0.3, 0.4) is 0 Å². The molecule has 0 unspecified atom stereocenters. The van der Waals surface area contributed by atoms with Gasteiger partial charge in [0.25, 0.3) is 0 Å². The highest BCUT2D eigenvalue weighted by atomic mass is 16.5. The zero-order valence-corrected chi connectivity index (χ0v) is 17.7. The predicted octanol–water partition coefficient (Wildman–Crippen LogP) is 3.01. The van der Waals surface area contributed by atoms with E-state index < -0.39 is 0 Å². The lowest BCUT2D eigenvalue weighted by molar-refractivity contribution is -0.106. The molecule has 1 aliphatic rings. The van der Waals surface area contributed by atoms with Crippen molar-refractivity contribution < 1.29 is 24.7 Å². The lowest BCUT2D eigenvalue weighted by atomic mass is 9.83. The van der Waals surface area contributed by atoms with Gasteiger partial charge in [0.1, 0.15) is 11.5 Å². The topological polar surface area (TPSA) is 126 Å². The summed E-state index contributed by atoms with van der Waals surface area (Å²) in [6.07, 6.45) is 4.92. The number of hydroxylamine groups is 2. The quantitative estimate of drug-likeness (QED) is 0.289. The Hall–Kier alpha value is -2.65. The van der Waals surface area contributed by atoms with Crippen molar-refractivity contribution in [1.82, 2.24) is 11.0 Å². The van der Waals surface area contributed by atoms with Gasteiger partial charge in [-0.15, -0.1) is 0 Å². The van der Waals surface area contributed by atoms with Crippen LogP contribution in [0, 0.1) is 11.8 Å². The minimum absolute atomic E-state index is 0.250. The number of nitrogens with one attached hydrogen (secondary N) is 2. The summed E-state index contributed by atoms with van der Waals surface area (Å²) < 4.78 is 11.9. The lowest BCUT2D eigenvalue weighted by Gasteiger charge is -2.28. The molecule has 8 nitrogen and oxygen atoms in total. The van der Waals surface area contributed by atoms with Crippen molar-refractivity contribution in [3.63, 3.8) is 0 Å². The fraction of sp³-hybridized carbons (Fsp3) is 0.435. The highest BCUT2D eigenvalue weighted by Gasteiger charge is 2.22. The van der Waals surface area contributed by atoms with Crippen LogP contribution in [-0.2, 0) is 17.9 Å². The number of benzene rings is 2. The van der Waals surface area contributed by atoms with E-state index in [-0.39, 0.29) is 6.41 Å². The number of ether oxygens (including phenoxy) is 2.